The highest BCUT2D eigenvalue weighted by atomic mass is 14.6. The maximum absolute atomic E-state index is 2.43. The molecule has 0 aromatic heterocycles. The Labute approximate surface area is 260 Å². The number of rotatable bonds is 31. The Hall–Kier alpha value is -1.04. The Kier molecular flexibility index (Phi) is 26.9. The van der Waals surface area contributed by atoms with Gasteiger partial charge < -0.3 is 0 Å². The summed E-state index contributed by atoms with van der Waals surface area (Å²) in [7, 11) is 0. The van der Waals surface area contributed by atoms with Gasteiger partial charge in [-0.2, -0.15) is 0 Å². The van der Waals surface area contributed by atoms with E-state index in [-0.39, 0.29) is 0 Å². The summed E-state index contributed by atoms with van der Waals surface area (Å²) in [6.45, 7) is 6.99. The van der Waals surface area contributed by atoms with Gasteiger partial charge in [-0.1, -0.05) is 166 Å². The molecule has 1 saturated carbocycles. The fourth-order valence-electron chi connectivity index (χ4n) is 6.68. The number of hydrogen-bond donors (Lipinski definition) is 0. The molecule has 1 unspecified atom stereocenters. The van der Waals surface area contributed by atoms with Gasteiger partial charge in [-0.3, -0.25) is 0 Å². The van der Waals surface area contributed by atoms with Crippen molar-refractivity contribution in [3.63, 3.8) is 0 Å². The van der Waals surface area contributed by atoms with E-state index in [0.717, 1.165) is 24.2 Å². The second kappa shape index (κ2) is 29.1. The highest BCUT2D eigenvalue weighted by molar-refractivity contribution is 5.01. The van der Waals surface area contributed by atoms with Crippen LogP contribution in [0.2, 0.25) is 0 Å². The number of allylic oxidation sites excluding steroid dienone is 8. The lowest BCUT2D eigenvalue weighted by Gasteiger charge is -2.17. The summed E-state index contributed by atoms with van der Waals surface area (Å²) in [5.74, 6) is 1.05. The normalized spacial score (nSPS) is 16.8. The molecule has 1 aliphatic carbocycles. The zero-order valence-corrected chi connectivity index (χ0v) is 28.5. The zero-order chi connectivity index (χ0) is 29.5. The molecule has 0 bridgehead atoms. The van der Waals surface area contributed by atoms with Gasteiger partial charge >= 0.3 is 0 Å². The second-order valence-electron chi connectivity index (χ2n) is 13.3. The van der Waals surface area contributed by atoms with Crippen molar-refractivity contribution in [2.45, 2.75) is 201 Å². The second-order valence-corrected chi connectivity index (χ2v) is 13.3. The van der Waals surface area contributed by atoms with Crippen molar-refractivity contribution in [3.8, 4) is 0 Å². The molecule has 1 atom stereocenters. The van der Waals surface area contributed by atoms with Crippen molar-refractivity contribution in [2.75, 3.05) is 0 Å². The van der Waals surface area contributed by atoms with E-state index >= 15 is 0 Å². The quantitative estimate of drug-likeness (QED) is 0.0578. The molecule has 0 aromatic rings. The molecule has 0 aromatic carbocycles. The average Bonchev–Trinajstić information content (AvgIpc) is 3.69. The molecule has 0 saturated heterocycles. The third-order valence-electron chi connectivity index (χ3n) is 9.60. The van der Waals surface area contributed by atoms with E-state index < -0.39 is 0 Å². The standard InChI is InChI=1S/C41H74/c1-4-7-9-11-13-15-17-19-21-23-25-27-29-31-33-35-37-41(39-40(41)6-3)38-36-34-32-30-28-26-24-22-20-18-16-14-12-10-8-5-2/h13-16,19-22,40H,4-12,17-18,23-39H2,1-3H3/b15-13-,16-14-,21-19-,22-20-. The summed E-state index contributed by atoms with van der Waals surface area (Å²) in [6.07, 6.45) is 57.8. The van der Waals surface area contributed by atoms with Gasteiger partial charge in [-0.15, -0.1) is 0 Å². The van der Waals surface area contributed by atoms with Crippen molar-refractivity contribution in [1.82, 2.24) is 0 Å². The molecule has 0 amide bonds. The van der Waals surface area contributed by atoms with Crippen LogP contribution in [-0.4, -0.2) is 0 Å². The Morgan fingerprint density at radius 1 is 0.415 bits per heavy atom. The van der Waals surface area contributed by atoms with Crippen LogP contribution in [0, 0.1) is 11.3 Å². The molecule has 0 N–H and O–H groups in total. The van der Waals surface area contributed by atoms with Gasteiger partial charge in [0.05, 0.1) is 0 Å². The lowest BCUT2D eigenvalue weighted by molar-refractivity contribution is 0.346. The Bertz CT molecular complexity index is 599. The Morgan fingerprint density at radius 3 is 1.10 bits per heavy atom. The fourth-order valence-corrected chi connectivity index (χ4v) is 6.68. The monoisotopic (exact) mass is 567 g/mol. The van der Waals surface area contributed by atoms with E-state index in [1.54, 1.807) is 6.42 Å². The molecule has 0 aliphatic heterocycles. The highest BCUT2D eigenvalue weighted by Crippen LogP contribution is 2.61. The largest absolute Gasteiger partial charge is 0.0882 e. The Morgan fingerprint density at radius 2 is 0.756 bits per heavy atom. The van der Waals surface area contributed by atoms with Crippen LogP contribution in [0.15, 0.2) is 48.6 Å². The van der Waals surface area contributed by atoms with E-state index in [0.29, 0.717) is 0 Å². The molecule has 0 radical (unpaired) electrons. The van der Waals surface area contributed by atoms with E-state index in [1.807, 2.05) is 0 Å². The van der Waals surface area contributed by atoms with Crippen LogP contribution in [0.25, 0.3) is 0 Å². The van der Waals surface area contributed by atoms with Gasteiger partial charge in [-0.25, -0.2) is 0 Å². The first-order valence-electron chi connectivity index (χ1n) is 18.9. The van der Waals surface area contributed by atoms with Gasteiger partial charge in [0.25, 0.3) is 0 Å². The minimum atomic E-state index is 0.763. The molecule has 1 rings (SSSR count). The minimum absolute atomic E-state index is 0.763. The predicted octanol–water partition coefficient (Wildman–Crippen LogP) is 14.8. The van der Waals surface area contributed by atoms with Crippen LogP contribution in [0.1, 0.15) is 201 Å². The van der Waals surface area contributed by atoms with Crippen LogP contribution >= 0.6 is 0 Å². The SMILES string of the molecule is CCCCC/C=C\C/C=C\CCCCCCCCC1(CCCCCCCC/C=C\C/C=C\CCCCC)CC1CC. The predicted molar refractivity (Wildman–Crippen MR) is 189 cm³/mol. The van der Waals surface area contributed by atoms with Crippen LogP contribution in [0.3, 0.4) is 0 Å². The van der Waals surface area contributed by atoms with E-state index in [1.165, 1.54) is 161 Å². The van der Waals surface area contributed by atoms with Crippen molar-refractivity contribution in [1.29, 1.82) is 0 Å². The summed E-state index contributed by atoms with van der Waals surface area (Å²) in [6, 6.07) is 0. The van der Waals surface area contributed by atoms with E-state index in [4.69, 9.17) is 0 Å². The maximum atomic E-state index is 2.43. The first kappa shape index (κ1) is 38.0. The smallest absolute Gasteiger partial charge is 0.0169 e. The van der Waals surface area contributed by atoms with E-state index in [9.17, 15) is 0 Å². The molecule has 0 heterocycles. The molecule has 238 valence electrons. The minimum Gasteiger partial charge on any atom is -0.0882 e. The fraction of sp³-hybridized carbons (Fsp3) is 0.805. The molecule has 0 spiro atoms. The summed E-state index contributed by atoms with van der Waals surface area (Å²) in [5.41, 5.74) is 0.763. The topological polar surface area (TPSA) is 0 Å². The zero-order valence-electron chi connectivity index (χ0n) is 28.5. The first-order valence-corrected chi connectivity index (χ1v) is 18.9. The Balaban J connectivity index is 1.93. The lowest BCUT2D eigenvalue weighted by Crippen LogP contribution is -2.04. The first-order chi connectivity index (χ1) is 20.3. The average molecular weight is 567 g/mol. The third-order valence-corrected chi connectivity index (χ3v) is 9.60. The third kappa shape index (κ3) is 23.1. The maximum Gasteiger partial charge on any atom is -0.0169 e. The molecular formula is C41H74. The van der Waals surface area contributed by atoms with Crippen molar-refractivity contribution in [3.05, 3.63) is 48.6 Å². The molecule has 0 nitrogen and oxygen atoms in total. The summed E-state index contributed by atoms with van der Waals surface area (Å²) >= 11 is 0. The highest BCUT2D eigenvalue weighted by Gasteiger charge is 2.50. The lowest BCUT2D eigenvalue weighted by atomic mass is 9.88. The van der Waals surface area contributed by atoms with Crippen molar-refractivity contribution >= 4 is 0 Å². The molecule has 1 fully saturated rings. The molecule has 41 heavy (non-hydrogen) atoms. The summed E-state index contributed by atoms with van der Waals surface area (Å²) in [4.78, 5) is 0. The van der Waals surface area contributed by atoms with Gasteiger partial charge in [-0.05, 0) is 94.8 Å². The van der Waals surface area contributed by atoms with Crippen LogP contribution < -0.4 is 0 Å². The summed E-state index contributed by atoms with van der Waals surface area (Å²) < 4.78 is 0. The van der Waals surface area contributed by atoms with Crippen LogP contribution in [0.5, 0.6) is 0 Å². The van der Waals surface area contributed by atoms with Crippen LogP contribution in [-0.2, 0) is 0 Å². The number of unbranched alkanes of at least 4 members (excludes halogenated alkanes) is 18. The van der Waals surface area contributed by atoms with Gasteiger partial charge in [0.15, 0.2) is 0 Å². The molecular weight excluding hydrogens is 492 g/mol. The van der Waals surface area contributed by atoms with E-state index in [2.05, 4.69) is 69.4 Å². The van der Waals surface area contributed by atoms with Gasteiger partial charge in [0, 0.05) is 0 Å². The van der Waals surface area contributed by atoms with Crippen molar-refractivity contribution < 1.29 is 0 Å². The molecule has 0 heteroatoms. The van der Waals surface area contributed by atoms with Crippen molar-refractivity contribution in [2.24, 2.45) is 11.3 Å². The summed E-state index contributed by atoms with van der Waals surface area (Å²) in [5, 5.41) is 0. The molecule has 1 aliphatic rings. The van der Waals surface area contributed by atoms with Gasteiger partial charge in [0.1, 0.15) is 0 Å². The van der Waals surface area contributed by atoms with Gasteiger partial charge in [0.2, 0.25) is 0 Å². The van der Waals surface area contributed by atoms with Crippen LogP contribution in [0.4, 0.5) is 0 Å². The number of hydrogen-bond acceptors (Lipinski definition) is 0.